The predicted octanol–water partition coefficient (Wildman–Crippen LogP) is 2.37. The lowest BCUT2D eigenvalue weighted by Crippen LogP contribution is -2.48. The van der Waals surface area contributed by atoms with Gasteiger partial charge in [-0.15, -0.1) is 0 Å². The first-order chi connectivity index (χ1) is 5.42. The van der Waals surface area contributed by atoms with Gasteiger partial charge in [-0.05, 0) is 19.4 Å². The zero-order chi connectivity index (χ0) is 9.35. The second-order valence-electron chi connectivity index (χ2n) is 4.12. The van der Waals surface area contributed by atoms with Crippen molar-refractivity contribution in [2.45, 2.75) is 38.7 Å². The summed E-state index contributed by atoms with van der Waals surface area (Å²) in [6.07, 6.45) is 0.682. The van der Waals surface area contributed by atoms with Crippen LogP contribution >= 0.6 is 0 Å². The molecule has 0 saturated carbocycles. The number of halogens is 2. The van der Waals surface area contributed by atoms with E-state index in [4.69, 9.17) is 0 Å². The molecule has 12 heavy (non-hydrogen) atoms. The average Bonchev–Trinajstić information content (AvgIpc) is 1.83. The van der Waals surface area contributed by atoms with Crippen LogP contribution in [0, 0.1) is 5.92 Å². The number of likely N-dealkylation sites (tertiary alicyclic amines) is 1. The SMILES string of the molecule is CC(C)C1CCC(F)(F)CN1C. The van der Waals surface area contributed by atoms with E-state index in [2.05, 4.69) is 13.8 Å². The van der Waals surface area contributed by atoms with E-state index in [1.54, 1.807) is 11.9 Å². The van der Waals surface area contributed by atoms with Gasteiger partial charge >= 0.3 is 0 Å². The minimum atomic E-state index is -2.46. The molecule has 1 unspecified atom stereocenters. The Kier molecular flexibility index (Phi) is 2.71. The van der Waals surface area contributed by atoms with Gasteiger partial charge in [-0.25, -0.2) is 8.78 Å². The first-order valence-electron chi connectivity index (χ1n) is 4.50. The highest BCUT2D eigenvalue weighted by molar-refractivity contribution is 4.85. The maximum atomic E-state index is 12.8. The third-order valence-electron chi connectivity index (χ3n) is 2.62. The lowest BCUT2D eigenvalue weighted by atomic mass is 9.92. The molecule has 1 heterocycles. The first-order valence-corrected chi connectivity index (χ1v) is 4.50. The lowest BCUT2D eigenvalue weighted by molar-refractivity contribution is -0.0813. The largest absolute Gasteiger partial charge is 0.297 e. The molecule has 0 aliphatic carbocycles. The molecule has 0 spiro atoms. The Balaban J connectivity index is 2.54. The minimum absolute atomic E-state index is 0.0557. The van der Waals surface area contributed by atoms with Gasteiger partial charge in [-0.2, -0.15) is 0 Å². The standard InChI is InChI=1S/C9H17F2N/c1-7(2)8-4-5-9(10,11)6-12(8)3/h7-8H,4-6H2,1-3H3. The van der Waals surface area contributed by atoms with E-state index in [0.29, 0.717) is 18.4 Å². The van der Waals surface area contributed by atoms with E-state index in [-0.39, 0.29) is 13.0 Å². The summed E-state index contributed by atoms with van der Waals surface area (Å²) in [6, 6.07) is 0.338. The Morgan fingerprint density at radius 1 is 1.42 bits per heavy atom. The summed E-state index contributed by atoms with van der Waals surface area (Å²) in [4.78, 5) is 1.79. The summed E-state index contributed by atoms with van der Waals surface area (Å²) in [5.41, 5.74) is 0. The molecule has 0 aromatic carbocycles. The molecule has 1 aliphatic heterocycles. The number of hydrogen-bond donors (Lipinski definition) is 0. The molecule has 1 nitrogen and oxygen atoms in total. The van der Waals surface area contributed by atoms with Gasteiger partial charge in [0.15, 0.2) is 0 Å². The molecule has 72 valence electrons. The van der Waals surface area contributed by atoms with Crippen LogP contribution in [0.2, 0.25) is 0 Å². The summed E-state index contributed by atoms with van der Waals surface area (Å²) in [7, 11) is 1.79. The molecule has 0 amide bonds. The summed E-state index contributed by atoms with van der Waals surface area (Å²) < 4.78 is 25.7. The van der Waals surface area contributed by atoms with Crippen molar-refractivity contribution >= 4 is 0 Å². The van der Waals surface area contributed by atoms with Crippen molar-refractivity contribution in [1.82, 2.24) is 4.90 Å². The van der Waals surface area contributed by atoms with Crippen molar-refractivity contribution in [2.75, 3.05) is 13.6 Å². The molecule has 0 aromatic heterocycles. The summed E-state index contributed by atoms with van der Waals surface area (Å²) in [5.74, 6) is -1.98. The molecule has 0 aromatic rings. The smallest absolute Gasteiger partial charge is 0.260 e. The molecule has 1 atom stereocenters. The minimum Gasteiger partial charge on any atom is -0.297 e. The number of alkyl halides is 2. The van der Waals surface area contributed by atoms with Gasteiger partial charge in [0.2, 0.25) is 0 Å². The molecule has 0 N–H and O–H groups in total. The zero-order valence-electron chi connectivity index (χ0n) is 7.98. The van der Waals surface area contributed by atoms with Gasteiger partial charge in [0.05, 0.1) is 6.54 Å². The Labute approximate surface area is 72.7 Å². The fraction of sp³-hybridized carbons (Fsp3) is 1.00. The highest BCUT2D eigenvalue weighted by atomic mass is 19.3. The van der Waals surface area contributed by atoms with Gasteiger partial charge in [0.25, 0.3) is 5.92 Å². The van der Waals surface area contributed by atoms with E-state index >= 15 is 0 Å². The summed E-state index contributed by atoms with van der Waals surface area (Å²) in [5, 5.41) is 0. The number of nitrogens with zero attached hydrogens (tertiary/aromatic N) is 1. The molecule has 1 fully saturated rings. The van der Waals surface area contributed by atoms with E-state index < -0.39 is 5.92 Å². The average molecular weight is 177 g/mol. The van der Waals surface area contributed by atoms with Crippen molar-refractivity contribution in [3.05, 3.63) is 0 Å². The Morgan fingerprint density at radius 3 is 2.42 bits per heavy atom. The van der Waals surface area contributed by atoms with Crippen LogP contribution in [0.3, 0.4) is 0 Å². The van der Waals surface area contributed by atoms with Crippen molar-refractivity contribution < 1.29 is 8.78 Å². The Hall–Kier alpha value is -0.180. The number of rotatable bonds is 1. The topological polar surface area (TPSA) is 3.24 Å². The fourth-order valence-corrected chi connectivity index (χ4v) is 1.98. The van der Waals surface area contributed by atoms with Gasteiger partial charge < -0.3 is 0 Å². The molecular weight excluding hydrogens is 160 g/mol. The first kappa shape index (κ1) is 9.90. The van der Waals surface area contributed by atoms with Crippen LogP contribution in [-0.2, 0) is 0 Å². The summed E-state index contributed by atoms with van der Waals surface area (Å²) in [6.45, 7) is 4.10. The highest BCUT2D eigenvalue weighted by Crippen LogP contribution is 2.31. The van der Waals surface area contributed by atoms with E-state index in [1.807, 2.05) is 0 Å². The Morgan fingerprint density at radius 2 is 2.00 bits per heavy atom. The van der Waals surface area contributed by atoms with Crippen LogP contribution in [0.5, 0.6) is 0 Å². The van der Waals surface area contributed by atoms with E-state index in [0.717, 1.165) is 0 Å². The van der Waals surface area contributed by atoms with E-state index in [1.165, 1.54) is 0 Å². The van der Waals surface area contributed by atoms with Gasteiger partial charge in [0.1, 0.15) is 0 Å². The highest BCUT2D eigenvalue weighted by Gasteiger charge is 2.38. The predicted molar refractivity (Wildman–Crippen MR) is 45.4 cm³/mol. The normalized spacial score (nSPS) is 31.0. The number of piperidine rings is 1. The fourth-order valence-electron chi connectivity index (χ4n) is 1.98. The molecule has 0 radical (unpaired) electrons. The molecule has 1 aliphatic rings. The second kappa shape index (κ2) is 3.29. The van der Waals surface area contributed by atoms with Crippen molar-refractivity contribution in [3.63, 3.8) is 0 Å². The van der Waals surface area contributed by atoms with Crippen molar-refractivity contribution in [3.8, 4) is 0 Å². The zero-order valence-corrected chi connectivity index (χ0v) is 7.98. The van der Waals surface area contributed by atoms with E-state index in [9.17, 15) is 8.78 Å². The van der Waals surface area contributed by atoms with Crippen LogP contribution in [0.15, 0.2) is 0 Å². The van der Waals surface area contributed by atoms with Crippen LogP contribution in [0.4, 0.5) is 8.78 Å². The van der Waals surface area contributed by atoms with Crippen molar-refractivity contribution in [1.29, 1.82) is 0 Å². The molecule has 1 rings (SSSR count). The summed E-state index contributed by atoms with van der Waals surface area (Å²) >= 11 is 0. The molecule has 3 heteroatoms. The monoisotopic (exact) mass is 177 g/mol. The van der Waals surface area contributed by atoms with Crippen LogP contribution in [0.1, 0.15) is 26.7 Å². The molecule has 0 bridgehead atoms. The van der Waals surface area contributed by atoms with Gasteiger partial charge in [0, 0.05) is 12.5 Å². The number of hydrogen-bond acceptors (Lipinski definition) is 1. The van der Waals surface area contributed by atoms with Crippen LogP contribution in [0.25, 0.3) is 0 Å². The maximum Gasteiger partial charge on any atom is 0.260 e. The second-order valence-corrected chi connectivity index (χ2v) is 4.12. The maximum absolute atomic E-state index is 12.8. The van der Waals surface area contributed by atoms with Crippen LogP contribution in [-0.4, -0.2) is 30.5 Å². The molecular formula is C9H17F2N. The van der Waals surface area contributed by atoms with Crippen LogP contribution < -0.4 is 0 Å². The third kappa shape index (κ3) is 2.16. The van der Waals surface area contributed by atoms with Gasteiger partial charge in [-0.3, -0.25) is 4.90 Å². The third-order valence-corrected chi connectivity index (χ3v) is 2.62. The molecule has 1 saturated heterocycles. The Bertz CT molecular complexity index is 157. The lowest BCUT2D eigenvalue weighted by Gasteiger charge is -2.39. The quantitative estimate of drug-likeness (QED) is 0.594. The van der Waals surface area contributed by atoms with Gasteiger partial charge in [-0.1, -0.05) is 13.8 Å². The van der Waals surface area contributed by atoms with Crippen molar-refractivity contribution in [2.24, 2.45) is 5.92 Å².